The van der Waals surface area contributed by atoms with Crippen LogP contribution in [-0.4, -0.2) is 28.1 Å². The third kappa shape index (κ3) is 5.24. The summed E-state index contributed by atoms with van der Waals surface area (Å²) in [4.78, 5) is 27.9. The highest BCUT2D eigenvalue weighted by atomic mass is 16.5. The molecule has 7 rings (SSSR count). The number of aromatic nitrogens is 2. The first kappa shape index (κ1) is 34.7. The van der Waals surface area contributed by atoms with Gasteiger partial charge in [0.05, 0.1) is 24.8 Å². The Morgan fingerprint density at radius 3 is 2.41 bits per heavy atom. The second kappa shape index (κ2) is 11.9. The molecule has 5 aliphatic rings. The molecule has 5 aliphatic carbocycles. The zero-order chi connectivity index (χ0) is 35.0. The number of rotatable bonds is 7. The van der Waals surface area contributed by atoms with E-state index < -0.39 is 5.41 Å². The quantitative estimate of drug-likeness (QED) is 0.218. The summed E-state index contributed by atoms with van der Waals surface area (Å²) in [5.41, 5.74) is 4.97. The van der Waals surface area contributed by atoms with Crippen molar-refractivity contribution >= 4 is 17.3 Å². The number of allylic oxidation sites excluding steroid dienone is 2. The molecule has 1 unspecified atom stereocenters. The Hall–Kier alpha value is -2.69. The number of benzene rings is 1. The van der Waals surface area contributed by atoms with Gasteiger partial charge >= 0.3 is 5.97 Å². The predicted octanol–water partition coefficient (Wildman–Crippen LogP) is 10.5. The van der Waals surface area contributed by atoms with E-state index in [2.05, 4.69) is 103 Å². The van der Waals surface area contributed by atoms with E-state index in [-0.39, 0.29) is 39.0 Å². The van der Waals surface area contributed by atoms with Gasteiger partial charge in [0.2, 0.25) is 0 Å². The molecule has 0 amide bonds. The predicted molar refractivity (Wildman–Crippen MR) is 197 cm³/mol. The second-order valence-electron chi connectivity index (χ2n) is 19.1. The van der Waals surface area contributed by atoms with Gasteiger partial charge in [0.1, 0.15) is 5.78 Å². The Bertz CT molecular complexity index is 1630. The van der Waals surface area contributed by atoms with E-state index in [0.717, 1.165) is 77.2 Å². The number of ketones is 1. The largest absolute Gasteiger partial charge is 0.465 e. The molecule has 0 aliphatic heterocycles. The van der Waals surface area contributed by atoms with Gasteiger partial charge in [0.25, 0.3) is 0 Å². The fraction of sp³-hybridized carbons (Fsp3) is 0.705. The van der Waals surface area contributed by atoms with Gasteiger partial charge < -0.3 is 4.74 Å². The summed E-state index contributed by atoms with van der Waals surface area (Å²) in [5.74, 6) is 1.51. The van der Waals surface area contributed by atoms with Crippen molar-refractivity contribution in [1.82, 2.24) is 9.78 Å². The van der Waals surface area contributed by atoms with E-state index in [1.165, 1.54) is 16.7 Å². The Balaban J connectivity index is 1.41. The molecule has 1 aromatic heterocycles. The first-order valence-electron chi connectivity index (χ1n) is 19.6. The van der Waals surface area contributed by atoms with Crippen LogP contribution in [0.15, 0.2) is 48.3 Å². The van der Waals surface area contributed by atoms with Crippen LogP contribution in [0.2, 0.25) is 0 Å². The van der Waals surface area contributed by atoms with Gasteiger partial charge in [-0.15, -0.1) is 0 Å². The van der Waals surface area contributed by atoms with E-state index in [4.69, 9.17) is 9.84 Å². The summed E-state index contributed by atoms with van der Waals surface area (Å²) < 4.78 is 8.32. The Kier molecular flexibility index (Phi) is 8.47. The maximum absolute atomic E-state index is 14.5. The molecule has 0 saturated heterocycles. The Labute approximate surface area is 296 Å². The van der Waals surface area contributed by atoms with Crippen molar-refractivity contribution in [2.24, 2.45) is 50.2 Å². The van der Waals surface area contributed by atoms with Crippen LogP contribution >= 0.6 is 0 Å². The van der Waals surface area contributed by atoms with Crippen molar-refractivity contribution in [2.45, 2.75) is 139 Å². The Morgan fingerprint density at radius 2 is 1.67 bits per heavy atom. The topological polar surface area (TPSA) is 61.2 Å². The zero-order valence-electron chi connectivity index (χ0n) is 31.8. The Morgan fingerprint density at radius 1 is 0.939 bits per heavy atom. The SMILES string of the molecule is CCCCOC(=O)[C@]12CCC(C)(C)C[C@H]1C1=C(c3cnn(Cc4ccccc4)c3)CC3[C@@]4(C)CCC(=O)C(C)(C)[C@@H]4CC[C@@]3(C)[C@]1(C)CC2. The summed E-state index contributed by atoms with van der Waals surface area (Å²) in [6.45, 7) is 20.5. The van der Waals surface area contributed by atoms with E-state index in [0.29, 0.717) is 30.6 Å². The maximum Gasteiger partial charge on any atom is 0.312 e. The summed E-state index contributed by atoms with van der Waals surface area (Å²) >= 11 is 0. The van der Waals surface area contributed by atoms with Crippen LogP contribution in [0.1, 0.15) is 144 Å². The molecule has 4 saturated carbocycles. The molecular formula is C44H62N2O3. The van der Waals surface area contributed by atoms with Crippen LogP contribution in [0.25, 0.3) is 5.57 Å². The van der Waals surface area contributed by atoms with E-state index in [1.807, 2.05) is 0 Å². The molecule has 266 valence electrons. The van der Waals surface area contributed by atoms with Crippen LogP contribution in [-0.2, 0) is 20.9 Å². The number of hydrogen-bond acceptors (Lipinski definition) is 4. The molecule has 5 nitrogen and oxygen atoms in total. The van der Waals surface area contributed by atoms with Gasteiger partial charge in [-0.05, 0) is 115 Å². The van der Waals surface area contributed by atoms with Gasteiger partial charge in [0.15, 0.2) is 0 Å². The fourth-order valence-corrected chi connectivity index (χ4v) is 12.6. The highest BCUT2D eigenvalue weighted by Gasteiger charge is 2.70. The first-order chi connectivity index (χ1) is 23.1. The highest BCUT2D eigenvalue weighted by Crippen LogP contribution is 2.77. The number of ether oxygens (including phenoxy) is 1. The average Bonchev–Trinajstić information content (AvgIpc) is 3.51. The number of carbonyl (C=O) groups is 2. The maximum atomic E-state index is 14.5. The zero-order valence-corrected chi connectivity index (χ0v) is 31.8. The van der Waals surface area contributed by atoms with Crippen molar-refractivity contribution in [1.29, 1.82) is 0 Å². The van der Waals surface area contributed by atoms with Crippen LogP contribution in [0.5, 0.6) is 0 Å². The standard InChI is InChI=1S/C44H62N2O3/c1-9-10-24-49-38(48)44-22-20-39(2,3)26-33(44)37-32(31-27-45-46(29-31)28-30-14-12-11-13-15-30)25-35-41(6)18-17-36(47)40(4,5)34(41)16-19-42(35,7)43(37,8)21-23-44/h11-15,27,29,33-35H,9-10,16-26,28H2,1-8H3/t33-,34-,35?,41-,42+,43+,44-/m0/s1. The molecule has 7 atom stereocenters. The lowest BCUT2D eigenvalue weighted by Gasteiger charge is -2.71. The van der Waals surface area contributed by atoms with E-state index in [1.54, 1.807) is 5.57 Å². The lowest BCUT2D eigenvalue weighted by molar-refractivity contribution is -0.190. The van der Waals surface area contributed by atoms with Gasteiger partial charge in [-0.1, -0.05) is 97.7 Å². The average molecular weight is 667 g/mol. The molecule has 5 heteroatoms. The number of nitrogens with zero attached hydrogens (tertiary/aromatic N) is 2. The third-order valence-corrected chi connectivity index (χ3v) is 15.8. The van der Waals surface area contributed by atoms with Crippen molar-refractivity contribution in [3.8, 4) is 0 Å². The normalized spacial score (nSPS) is 37.8. The van der Waals surface area contributed by atoms with Crippen LogP contribution in [0, 0.1) is 50.2 Å². The van der Waals surface area contributed by atoms with Crippen LogP contribution in [0.4, 0.5) is 0 Å². The number of carbonyl (C=O) groups excluding carboxylic acids is 2. The number of fused-ring (bicyclic) bond motifs is 7. The van der Waals surface area contributed by atoms with Crippen LogP contribution in [0.3, 0.4) is 0 Å². The van der Waals surface area contributed by atoms with Crippen molar-refractivity contribution in [3.05, 3.63) is 59.4 Å². The minimum atomic E-state index is -0.465. The smallest absolute Gasteiger partial charge is 0.312 e. The molecular weight excluding hydrogens is 604 g/mol. The first-order valence-corrected chi connectivity index (χ1v) is 19.6. The summed E-state index contributed by atoms with van der Waals surface area (Å²) in [7, 11) is 0. The molecule has 2 aromatic rings. The number of hydrogen-bond donors (Lipinski definition) is 0. The molecule has 1 heterocycles. The van der Waals surface area contributed by atoms with Gasteiger partial charge in [-0.2, -0.15) is 5.10 Å². The number of unbranched alkanes of at least 4 members (excludes halogenated alkanes) is 1. The fourth-order valence-electron chi connectivity index (χ4n) is 12.6. The molecule has 0 radical (unpaired) electrons. The molecule has 0 N–H and O–H groups in total. The van der Waals surface area contributed by atoms with E-state index >= 15 is 0 Å². The lowest BCUT2D eigenvalue weighted by atomic mass is 9.32. The third-order valence-electron chi connectivity index (χ3n) is 15.8. The number of esters is 1. The highest BCUT2D eigenvalue weighted by molar-refractivity contribution is 5.86. The minimum absolute atomic E-state index is 0.0579. The van der Waals surface area contributed by atoms with Crippen molar-refractivity contribution in [3.63, 3.8) is 0 Å². The molecule has 0 bridgehead atoms. The monoisotopic (exact) mass is 666 g/mol. The van der Waals surface area contributed by atoms with Gasteiger partial charge in [-0.3, -0.25) is 14.3 Å². The number of Topliss-reactive ketones (excluding diaryl/α,β-unsaturated/α-hetero) is 1. The minimum Gasteiger partial charge on any atom is -0.465 e. The van der Waals surface area contributed by atoms with Gasteiger partial charge in [-0.25, -0.2) is 0 Å². The van der Waals surface area contributed by atoms with Crippen molar-refractivity contribution < 1.29 is 14.3 Å². The molecule has 49 heavy (non-hydrogen) atoms. The lowest BCUT2D eigenvalue weighted by Crippen LogP contribution is -2.65. The van der Waals surface area contributed by atoms with E-state index in [9.17, 15) is 9.59 Å². The second-order valence-corrected chi connectivity index (χ2v) is 19.1. The van der Waals surface area contributed by atoms with Gasteiger partial charge in [0, 0.05) is 23.6 Å². The summed E-state index contributed by atoms with van der Waals surface area (Å²) in [5, 5.41) is 4.98. The summed E-state index contributed by atoms with van der Waals surface area (Å²) in [6, 6.07) is 10.6. The molecule has 1 aromatic carbocycles. The van der Waals surface area contributed by atoms with Crippen LogP contribution < -0.4 is 0 Å². The molecule has 4 fully saturated rings. The van der Waals surface area contributed by atoms with Crippen molar-refractivity contribution in [2.75, 3.05) is 6.61 Å². The summed E-state index contributed by atoms with van der Waals surface area (Å²) in [6.07, 6.45) is 16.2. The molecule has 0 spiro atoms.